The van der Waals surface area contributed by atoms with Crippen molar-refractivity contribution in [1.82, 2.24) is 0 Å². The van der Waals surface area contributed by atoms with Gasteiger partial charge in [0.15, 0.2) is 11.6 Å². The molecule has 5 heteroatoms. The Morgan fingerprint density at radius 1 is 1.67 bits per heavy atom. The van der Waals surface area contributed by atoms with Gasteiger partial charge in [-0.1, -0.05) is 0 Å². The van der Waals surface area contributed by atoms with Gasteiger partial charge < -0.3 is 9.84 Å². The van der Waals surface area contributed by atoms with Crippen LogP contribution < -0.4 is 4.74 Å². The standard InChI is InChI=1S/C10H9BrFNO2/c1-6(14)5-15-8-3-2-7(4-13)9(11)10(8)12/h2-3,6,14H,5H2,1H3. The minimum Gasteiger partial charge on any atom is -0.488 e. The van der Waals surface area contributed by atoms with Crippen LogP contribution in [0.25, 0.3) is 0 Å². The summed E-state index contributed by atoms with van der Waals surface area (Å²) in [5.74, 6) is -0.614. The molecule has 0 aliphatic carbocycles. The van der Waals surface area contributed by atoms with E-state index in [4.69, 9.17) is 15.1 Å². The van der Waals surface area contributed by atoms with Crippen molar-refractivity contribution >= 4 is 15.9 Å². The smallest absolute Gasteiger partial charge is 0.180 e. The lowest BCUT2D eigenvalue weighted by molar-refractivity contribution is 0.120. The molecular formula is C10H9BrFNO2. The zero-order valence-corrected chi connectivity index (χ0v) is 9.58. The number of rotatable bonds is 3. The van der Waals surface area contributed by atoms with Crippen molar-refractivity contribution < 1.29 is 14.2 Å². The van der Waals surface area contributed by atoms with Crippen molar-refractivity contribution in [1.29, 1.82) is 5.26 Å². The van der Waals surface area contributed by atoms with Crippen molar-refractivity contribution in [3.63, 3.8) is 0 Å². The van der Waals surface area contributed by atoms with Crippen molar-refractivity contribution in [2.24, 2.45) is 0 Å². The molecule has 15 heavy (non-hydrogen) atoms. The van der Waals surface area contributed by atoms with E-state index in [-0.39, 0.29) is 22.4 Å². The van der Waals surface area contributed by atoms with Crippen LogP contribution >= 0.6 is 15.9 Å². The molecule has 0 radical (unpaired) electrons. The summed E-state index contributed by atoms with van der Waals surface area (Å²) in [4.78, 5) is 0. The van der Waals surface area contributed by atoms with E-state index in [1.807, 2.05) is 6.07 Å². The largest absolute Gasteiger partial charge is 0.488 e. The zero-order valence-electron chi connectivity index (χ0n) is 8.00. The molecular weight excluding hydrogens is 265 g/mol. The van der Waals surface area contributed by atoms with Gasteiger partial charge in [-0.2, -0.15) is 5.26 Å². The molecule has 0 amide bonds. The lowest BCUT2D eigenvalue weighted by Gasteiger charge is -2.10. The first-order valence-electron chi connectivity index (χ1n) is 4.25. The van der Waals surface area contributed by atoms with Crippen LogP contribution in [0.2, 0.25) is 0 Å². The van der Waals surface area contributed by atoms with Gasteiger partial charge in [0.25, 0.3) is 0 Å². The zero-order chi connectivity index (χ0) is 11.4. The maximum Gasteiger partial charge on any atom is 0.180 e. The molecule has 0 aromatic heterocycles. The highest BCUT2D eigenvalue weighted by molar-refractivity contribution is 9.10. The Balaban J connectivity index is 2.93. The summed E-state index contributed by atoms with van der Waals surface area (Å²) in [6, 6.07) is 4.65. The predicted molar refractivity (Wildman–Crippen MR) is 56.0 cm³/mol. The monoisotopic (exact) mass is 273 g/mol. The van der Waals surface area contributed by atoms with Crippen molar-refractivity contribution in [3.05, 3.63) is 28.0 Å². The molecule has 1 aromatic rings. The summed E-state index contributed by atoms with van der Waals surface area (Å²) in [5, 5.41) is 17.6. The maximum absolute atomic E-state index is 13.5. The average molecular weight is 274 g/mol. The highest BCUT2D eigenvalue weighted by Gasteiger charge is 2.12. The molecule has 3 nitrogen and oxygen atoms in total. The van der Waals surface area contributed by atoms with Crippen LogP contribution in [0.1, 0.15) is 12.5 Å². The number of hydrogen-bond acceptors (Lipinski definition) is 3. The fourth-order valence-electron chi connectivity index (χ4n) is 0.940. The van der Waals surface area contributed by atoms with E-state index in [0.29, 0.717) is 0 Å². The summed E-state index contributed by atoms with van der Waals surface area (Å²) in [6.07, 6.45) is -0.668. The first-order valence-corrected chi connectivity index (χ1v) is 5.04. The Labute approximate surface area is 95.2 Å². The second-order valence-electron chi connectivity index (χ2n) is 3.01. The molecule has 0 saturated carbocycles. The van der Waals surface area contributed by atoms with Crippen LogP contribution in [0.15, 0.2) is 16.6 Å². The summed E-state index contributed by atoms with van der Waals surface area (Å²) in [6.45, 7) is 1.55. The summed E-state index contributed by atoms with van der Waals surface area (Å²) in [5.41, 5.74) is 0.205. The minimum absolute atomic E-state index is 0.00919. The van der Waals surface area contributed by atoms with E-state index in [1.165, 1.54) is 19.1 Å². The molecule has 0 aliphatic heterocycles. The SMILES string of the molecule is CC(O)COc1ccc(C#N)c(Br)c1F. The minimum atomic E-state index is -0.668. The van der Waals surface area contributed by atoms with Crippen LogP contribution in [-0.2, 0) is 0 Å². The van der Waals surface area contributed by atoms with Crippen LogP contribution in [0, 0.1) is 17.1 Å². The van der Waals surface area contributed by atoms with Crippen LogP contribution in [0.3, 0.4) is 0 Å². The number of halogens is 2. The van der Waals surface area contributed by atoms with E-state index in [2.05, 4.69) is 15.9 Å². The van der Waals surface area contributed by atoms with Gasteiger partial charge in [-0.05, 0) is 35.0 Å². The molecule has 0 aliphatic rings. The van der Waals surface area contributed by atoms with E-state index in [1.54, 1.807) is 0 Å². The van der Waals surface area contributed by atoms with E-state index in [0.717, 1.165) is 0 Å². The van der Waals surface area contributed by atoms with Gasteiger partial charge in [-0.25, -0.2) is 4.39 Å². The summed E-state index contributed by atoms with van der Waals surface area (Å²) >= 11 is 2.96. The number of ether oxygens (including phenoxy) is 1. The quantitative estimate of drug-likeness (QED) is 0.919. The van der Waals surface area contributed by atoms with Crippen LogP contribution in [-0.4, -0.2) is 17.8 Å². The Kier molecular flexibility index (Phi) is 4.06. The Morgan fingerprint density at radius 2 is 2.33 bits per heavy atom. The molecule has 1 rings (SSSR count). The third-order valence-electron chi connectivity index (χ3n) is 1.65. The van der Waals surface area contributed by atoms with Gasteiger partial charge in [0, 0.05) is 0 Å². The van der Waals surface area contributed by atoms with E-state index >= 15 is 0 Å². The highest BCUT2D eigenvalue weighted by atomic mass is 79.9. The highest BCUT2D eigenvalue weighted by Crippen LogP contribution is 2.28. The third kappa shape index (κ3) is 2.91. The van der Waals surface area contributed by atoms with Crippen LogP contribution in [0.5, 0.6) is 5.75 Å². The first kappa shape index (κ1) is 12.0. The van der Waals surface area contributed by atoms with E-state index in [9.17, 15) is 4.39 Å². The normalized spacial score (nSPS) is 11.9. The molecule has 0 fully saturated rings. The van der Waals surface area contributed by atoms with Crippen molar-refractivity contribution in [3.8, 4) is 11.8 Å². The number of aliphatic hydroxyl groups is 1. The second-order valence-corrected chi connectivity index (χ2v) is 3.80. The molecule has 80 valence electrons. The van der Waals surface area contributed by atoms with Crippen molar-refractivity contribution in [2.75, 3.05) is 6.61 Å². The Morgan fingerprint density at radius 3 is 2.87 bits per heavy atom. The molecule has 0 saturated heterocycles. The second kappa shape index (κ2) is 5.10. The molecule has 1 aromatic carbocycles. The molecule has 1 unspecified atom stereocenters. The van der Waals surface area contributed by atoms with Gasteiger partial charge in [0.2, 0.25) is 0 Å². The number of hydrogen-bond donors (Lipinski definition) is 1. The van der Waals surface area contributed by atoms with Crippen LogP contribution in [0.4, 0.5) is 4.39 Å². The molecule has 1 N–H and O–H groups in total. The molecule has 0 heterocycles. The number of aliphatic hydroxyl groups excluding tert-OH is 1. The molecule has 0 spiro atoms. The predicted octanol–water partition coefficient (Wildman–Crippen LogP) is 2.22. The summed E-state index contributed by atoms with van der Waals surface area (Å²) < 4.78 is 18.6. The first-order chi connectivity index (χ1) is 7.06. The van der Waals surface area contributed by atoms with Gasteiger partial charge in [-0.3, -0.25) is 0 Å². The van der Waals surface area contributed by atoms with Gasteiger partial charge in [0.1, 0.15) is 12.7 Å². The summed E-state index contributed by atoms with van der Waals surface area (Å²) in [7, 11) is 0. The fourth-order valence-corrected chi connectivity index (χ4v) is 1.36. The van der Waals surface area contributed by atoms with Gasteiger partial charge >= 0.3 is 0 Å². The number of benzene rings is 1. The topological polar surface area (TPSA) is 53.2 Å². The van der Waals surface area contributed by atoms with Crippen molar-refractivity contribution in [2.45, 2.75) is 13.0 Å². The Hall–Kier alpha value is -1.12. The van der Waals surface area contributed by atoms with E-state index < -0.39 is 11.9 Å². The number of nitrogens with zero attached hydrogens (tertiary/aromatic N) is 1. The average Bonchev–Trinajstić information content (AvgIpc) is 2.20. The van der Waals surface area contributed by atoms with Gasteiger partial charge in [0.05, 0.1) is 16.1 Å². The fraction of sp³-hybridized carbons (Fsp3) is 0.300. The molecule has 1 atom stereocenters. The lowest BCUT2D eigenvalue weighted by Crippen LogP contribution is -2.13. The molecule has 0 bridgehead atoms. The number of nitriles is 1. The lowest BCUT2D eigenvalue weighted by atomic mass is 10.2. The Bertz CT molecular complexity index is 401. The van der Waals surface area contributed by atoms with Gasteiger partial charge in [-0.15, -0.1) is 0 Å². The third-order valence-corrected chi connectivity index (χ3v) is 2.42. The maximum atomic E-state index is 13.5.